The number of hydrogen-bond donors (Lipinski definition) is 2. The van der Waals surface area contributed by atoms with E-state index in [0.717, 1.165) is 56.7 Å². The highest BCUT2D eigenvalue weighted by Crippen LogP contribution is 2.47. The van der Waals surface area contributed by atoms with Crippen molar-refractivity contribution in [2.75, 3.05) is 19.6 Å². The monoisotopic (exact) mass is 473 g/mol. The number of likely N-dealkylation sites (tertiary alicyclic amines) is 1. The van der Waals surface area contributed by atoms with Crippen molar-refractivity contribution in [3.63, 3.8) is 0 Å². The highest BCUT2D eigenvalue weighted by molar-refractivity contribution is 6.47. The van der Waals surface area contributed by atoms with E-state index >= 15 is 0 Å². The van der Waals surface area contributed by atoms with Crippen molar-refractivity contribution < 1.29 is 14.1 Å². The molecule has 5 aliphatic rings. The Morgan fingerprint density at radius 2 is 1.62 bits per heavy atom. The van der Waals surface area contributed by atoms with Crippen LogP contribution >= 0.6 is 0 Å². The number of nitrogens with zero attached hydrogens (tertiary/aromatic N) is 1. The zero-order chi connectivity index (χ0) is 24.1. The van der Waals surface area contributed by atoms with Gasteiger partial charge < -0.3 is 25.3 Å². The molecule has 0 radical (unpaired) electrons. The molecule has 0 bridgehead atoms. The fourth-order valence-electron chi connectivity index (χ4n) is 7.67. The molecule has 0 aromatic heterocycles. The maximum atomic E-state index is 13.4. The molecule has 6 atom stereocenters. The first-order chi connectivity index (χ1) is 16.2. The van der Waals surface area contributed by atoms with E-state index in [4.69, 9.17) is 15.0 Å². The second-order valence-electron chi connectivity index (χ2n) is 13.2. The van der Waals surface area contributed by atoms with Crippen molar-refractivity contribution in [2.24, 2.45) is 29.4 Å². The first kappa shape index (κ1) is 25.0. The SMILES string of the molecule is CC1(C)OB(C2CCC3CC(C(=O)N4CCC(C5CCCC(CN)C5)CC4)NC3C2)OC1(C)C. The van der Waals surface area contributed by atoms with Gasteiger partial charge in [-0.3, -0.25) is 4.79 Å². The fraction of sp³-hybridized carbons (Fsp3) is 0.963. The van der Waals surface area contributed by atoms with Crippen molar-refractivity contribution in [1.29, 1.82) is 0 Å². The van der Waals surface area contributed by atoms with Crippen molar-refractivity contribution in [1.82, 2.24) is 10.2 Å². The molecule has 0 aromatic rings. The fourth-order valence-corrected chi connectivity index (χ4v) is 7.67. The Balaban J connectivity index is 1.11. The Bertz CT molecular complexity index is 723. The van der Waals surface area contributed by atoms with E-state index in [1.807, 2.05) is 0 Å². The summed E-state index contributed by atoms with van der Waals surface area (Å²) in [6, 6.07) is 0.416. The minimum absolute atomic E-state index is 0.0000946. The lowest BCUT2D eigenvalue weighted by molar-refractivity contribution is -0.135. The molecule has 6 unspecified atom stereocenters. The smallest absolute Gasteiger partial charge is 0.403 e. The van der Waals surface area contributed by atoms with Crippen LogP contribution in [0.25, 0.3) is 0 Å². The summed E-state index contributed by atoms with van der Waals surface area (Å²) in [5, 5.41) is 3.76. The molecule has 3 aliphatic heterocycles. The third-order valence-corrected chi connectivity index (χ3v) is 10.6. The van der Waals surface area contributed by atoms with Crippen LogP contribution in [-0.4, -0.2) is 60.8 Å². The van der Waals surface area contributed by atoms with Crippen LogP contribution in [0.4, 0.5) is 0 Å². The van der Waals surface area contributed by atoms with Crippen molar-refractivity contribution in [3.8, 4) is 0 Å². The van der Waals surface area contributed by atoms with E-state index in [9.17, 15) is 4.79 Å². The molecule has 3 N–H and O–H groups in total. The number of amides is 1. The van der Waals surface area contributed by atoms with Crippen molar-refractivity contribution >= 4 is 13.0 Å². The van der Waals surface area contributed by atoms with Crippen LogP contribution in [0.1, 0.15) is 91.9 Å². The van der Waals surface area contributed by atoms with Crippen LogP contribution in [0.2, 0.25) is 5.82 Å². The minimum Gasteiger partial charge on any atom is -0.403 e. The van der Waals surface area contributed by atoms with E-state index < -0.39 is 0 Å². The summed E-state index contributed by atoms with van der Waals surface area (Å²) < 4.78 is 12.7. The number of rotatable bonds is 4. The molecule has 34 heavy (non-hydrogen) atoms. The van der Waals surface area contributed by atoms with Crippen LogP contribution in [0, 0.1) is 23.7 Å². The molecule has 1 amide bonds. The summed E-state index contributed by atoms with van der Waals surface area (Å²) in [4.78, 5) is 15.6. The lowest BCUT2D eigenvalue weighted by atomic mass is 9.61. The third kappa shape index (κ3) is 4.84. The first-order valence-corrected chi connectivity index (χ1v) is 14.3. The Kier molecular flexibility index (Phi) is 7.13. The lowest BCUT2D eigenvalue weighted by Gasteiger charge is -2.40. The van der Waals surface area contributed by atoms with Gasteiger partial charge >= 0.3 is 7.12 Å². The summed E-state index contributed by atoms with van der Waals surface area (Å²) in [5.41, 5.74) is 5.42. The Labute approximate surface area is 207 Å². The summed E-state index contributed by atoms with van der Waals surface area (Å²) in [6.07, 6.45) is 12.0. The summed E-state index contributed by atoms with van der Waals surface area (Å²) >= 11 is 0. The predicted octanol–water partition coefficient (Wildman–Crippen LogP) is 3.98. The maximum Gasteiger partial charge on any atom is 0.461 e. The summed E-state index contributed by atoms with van der Waals surface area (Å²) in [5.74, 6) is 3.72. The molecule has 0 aromatic carbocycles. The van der Waals surface area contributed by atoms with E-state index in [1.54, 1.807) is 0 Å². The van der Waals surface area contributed by atoms with Gasteiger partial charge in [0.15, 0.2) is 0 Å². The first-order valence-electron chi connectivity index (χ1n) is 14.3. The minimum atomic E-state index is -0.273. The quantitative estimate of drug-likeness (QED) is 0.604. The van der Waals surface area contributed by atoms with E-state index in [1.165, 1.54) is 44.9 Å². The van der Waals surface area contributed by atoms with Gasteiger partial charge in [-0.25, -0.2) is 0 Å². The van der Waals surface area contributed by atoms with E-state index in [2.05, 4.69) is 37.9 Å². The van der Waals surface area contributed by atoms with Crippen LogP contribution < -0.4 is 11.1 Å². The highest BCUT2D eigenvalue weighted by atomic mass is 16.7. The number of fused-ring (bicyclic) bond motifs is 1. The van der Waals surface area contributed by atoms with Gasteiger partial charge in [0.1, 0.15) is 0 Å². The Hall–Kier alpha value is -0.625. The average molecular weight is 474 g/mol. The molecule has 0 spiro atoms. The normalized spacial score (nSPS) is 40.4. The second-order valence-corrected chi connectivity index (χ2v) is 13.2. The zero-order valence-corrected chi connectivity index (χ0v) is 22.1. The molecule has 192 valence electrons. The number of carbonyl (C=O) groups is 1. The Morgan fingerprint density at radius 3 is 2.29 bits per heavy atom. The number of hydrogen-bond acceptors (Lipinski definition) is 5. The standard InChI is InChI=1S/C27H48BN3O3/c1-26(2)27(3,4)34-28(33-26)22-9-8-21-15-24(30-23(21)16-22)25(32)31-12-10-19(11-13-31)20-7-5-6-18(14-20)17-29/h18-24,30H,5-17,29H2,1-4H3. The molecule has 2 saturated carbocycles. The predicted molar refractivity (Wildman–Crippen MR) is 136 cm³/mol. The van der Waals surface area contributed by atoms with Gasteiger partial charge in [-0.1, -0.05) is 19.3 Å². The average Bonchev–Trinajstić information content (AvgIpc) is 3.35. The molecule has 3 saturated heterocycles. The van der Waals surface area contributed by atoms with Gasteiger partial charge in [0, 0.05) is 19.1 Å². The second kappa shape index (κ2) is 9.68. The van der Waals surface area contributed by atoms with Crippen molar-refractivity contribution in [2.45, 2.75) is 121 Å². The number of carbonyl (C=O) groups excluding carboxylic acids is 1. The van der Waals surface area contributed by atoms with Gasteiger partial charge in [0.05, 0.1) is 17.2 Å². The van der Waals surface area contributed by atoms with Gasteiger partial charge in [0.25, 0.3) is 0 Å². The van der Waals surface area contributed by atoms with Gasteiger partial charge in [-0.15, -0.1) is 0 Å². The molecule has 2 aliphatic carbocycles. The molecule has 5 rings (SSSR count). The van der Waals surface area contributed by atoms with Gasteiger partial charge in [-0.05, 0) is 109 Å². The zero-order valence-electron chi connectivity index (χ0n) is 22.1. The number of nitrogens with two attached hydrogens (primary N) is 1. The van der Waals surface area contributed by atoms with Crippen LogP contribution in [-0.2, 0) is 14.1 Å². The Morgan fingerprint density at radius 1 is 0.912 bits per heavy atom. The highest BCUT2D eigenvalue weighted by Gasteiger charge is 2.55. The maximum absolute atomic E-state index is 13.4. The molecular weight excluding hydrogens is 425 g/mol. The van der Waals surface area contributed by atoms with Crippen LogP contribution in [0.15, 0.2) is 0 Å². The third-order valence-electron chi connectivity index (χ3n) is 10.6. The van der Waals surface area contributed by atoms with Gasteiger partial charge in [0.2, 0.25) is 5.91 Å². The molecule has 3 heterocycles. The molecule has 7 heteroatoms. The van der Waals surface area contributed by atoms with Gasteiger partial charge in [-0.2, -0.15) is 0 Å². The van der Waals surface area contributed by atoms with E-state index in [-0.39, 0.29) is 24.4 Å². The molecule has 5 fully saturated rings. The molecule has 6 nitrogen and oxygen atoms in total. The van der Waals surface area contributed by atoms with Crippen LogP contribution in [0.5, 0.6) is 0 Å². The summed E-state index contributed by atoms with van der Waals surface area (Å²) in [7, 11) is -0.125. The summed E-state index contributed by atoms with van der Waals surface area (Å²) in [6.45, 7) is 11.3. The van der Waals surface area contributed by atoms with Crippen molar-refractivity contribution in [3.05, 3.63) is 0 Å². The lowest BCUT2D eigenvalue weighted by Crippen LogP contribution is -2.49. The van der Waals surface area contributed by atoms with E-state index in [0.29, 0.717) is 23.7 Å². The van der Waals surface area contributed by atoms with Crippen LogP contribution in [0.3, 0.4) is 0 Å². The number of nitrogens with one attached hydrogen (secondary N) is 1. The topological polar surface area (TPSA) is 76.8 Å². The largest absolute Gasteiger partial charge is 0.461 e. The molecular formula is C27H48BN3O3. The number of piperidine rings is 1.